The number of hydrogen-bond donors (Lipinski definition) is 0. The van der Waals surface area contributed by atoms with E-state index < -0.39 is 0 Å². The van der Waals surface area contributed by atoms with E-state index in [9.17, 15) is 0 Å². The standard InChI is InChI=1S/C10H17BrN2OS/c1-10(2)7-13(3-4-14-10)9-12-6-8(5-11)15-9/h8H,3-7H2,1-2H3. The number of nitrogens with zero attached hydrogens (tertiary/aromatic N) is 2. The lowest BCUT2D eigenvalue weighted by Crippen LogP contribution is -2.49. The number of morpholine rings is 1. The summed E-state index contributed by atoms with van der Waals surface area (Å²) in [5.41, 5.74) is -0.0339. The Kier molecular flexibility index (Phi) is 3.63. The zero-order valence-electron chi connectivity index (χ0n) is 9.20. The van der Waals surface area contributed by atoms with Gasteiger partial charge < -0.3 is 9.64 Å². The molecule has 1 saturated heterocycles. The van der Waals surface area contributed by atoms with Crippen molar-refractivity contribution in [1.82, 2.24) is 4.90 Å². The second-order valence-corrected chi connectivity index (χ2v) is 6.46. The van der Waals surface area contributed by atoms with Crippen LogP contribution in [0.1, 0.15) is 13.8 Å². The maximum absolute atomic E-state index is 5.69. The molecule has 2 heterocycles. The van der Waals surface area contributed by atoms with Gasteiger partial charge in [0.05, 0.1) is 18.8 Å². The quantitative estimate of drug-likeness (QED) is 0.691. The van der Waals surface area contributed by atoms with Gasteiger partial charge >= 0.3 is 0 Å². The van der Waals surface area contributed by atoms with Gasteiger partial charge in [-0.1, -0.05) is 27.7 Å². The molecule has 0 spiro atoms. The normalized spacial score (nSPS) is 30.5. The van der Waals surface area contributed by atoms with Crippen LogP contribution in [0.2, 0.25) is 0 Å². The van der Waals surface area contributed by atoms with Crippen molar-refractivity contribution in [3.05, 3.63) is 0 Å². The minimum atomic E-state index is -0.0339. The van der Waals surface area contributed by atoms with Crippen LogP contribution in [0.3, 0.4) is 0 Å². The van der Waals surface area contributed by atoms with Crippen LogP contribution < -0.4 is 0 Å². The van der Waals surface area contributed by atoms with Gasteiger partial charge in [0.2, 0.25) is 0 Å². The molecular weight excluding hydrogens is 276 g/mol. The minimum absolute atomic E-state index is 0.0339. The molecule has 0 bridgehead atoms. The van der Waals surface area contributed by atoms with Crippen molar-refractivity contribution in [3.63, 3.8) is 0 Å². The molecule has 2 aliphatic rings. The molecule has 0 radical (unpaired) electrons. The minimum Gasteiger partial charge on any atom is -0.372 e. The van der Waals surface area contributed by atoms with Crippen LogP contribution >= 0.6 is 27.7 Å². The summed E-state index contributed by atoms with van der Waals surface area (Å²) in [7, 11) is 0. The first-order chi connectivity index (χ1) is 7.11. The lowest BCUT2D eigenvalue weighted by atomic mass is 10.1. The van der Waals surface area contributed by atoms with Gasteiger partial charge in [0, 0.05) is 23.7 Å². The van der Waals surface area contributed by atoms with Crippen LogP contribution in [0.4, 0.5) is 0 Å². The molecule has 1 unspecified atom stereocenters. The predicted octanol–water partition coefficient (Wildman–Crippen LogP) is 1.96. The summed E-state index contributed by atoms with van der Waals surface area (Å²) < 4.78 is 5.69. The number of thioether (sulfide) groups is 1. The number of amidine groups is 1. The monoisotopic (exact) mass is 292 g/mol. The van der Waals surface area contributed by atoms with Crippen LogP contribution in [0, 0.1) is 0 Å². The van der Waals surface area contributed by atoms with E-state index in [4.69, 9.17) is 4.74 Å². The van der Waals surface area contributed by atoms with Crippen LogP contribution in [0.25, 0.3) is 0 Å². The Morgan fingerprint density at radius 1 is 1.67 bits per heavy atom. The zero-order valence-corrected chi connectivity index (χ0v) is 11.6. The summed E-state index contributed by atoms with van der Waals surface area (Å²) >= 11 is 5.40. The van der Waals surface area contributed by atoms with E-state index >= 15 is 0 Å². The largest absolute Gasteiger partial charge is 0.372 e. The number of alkyl halides is 1. The van der Waals surface area contributed by atoms with Gasteiger partial charge in [0.1, 0.15) is 0 Å². The smallest absolute Gasteiger partial charge is 0.159 e. The number of hydrogen-bond acceptors (Lipinski definition) is 4. The van der Waals surface area contributed by atoms with Gasteiger partial charge in [0.15, 0.2) is 5.17 Å². The first kappa shape index (κ1) is 11.7. The van der Waals surface area contributed by atoms with Crippen LogP contribution in [-0.4, -0.2) is 52.5 Å². The molecule has 0 N–H and O–H groups in total. The van der Waals surface area contributed by atoms with E-state index in [1.165, 1.54) is 5.17 Å². The molecule has 86 valence electrons. The van der Waals surface area contributed by atoms with Gasteiger partial charge in [0.25, 0.3) is 0 Å². The topological polar surface area (TPSA) is 24.8 Å². The zero-order chi connectivity index (χ0) is 10.9. The highest BCUT2D eigenvalue weighted by molar-refractivity contribution is 9.09. The van der Waals surface area contributed by atoms with E-state index in [1.54, 1.807) is 0 Å². The number of halogens is 1. The Hall–Kier alpha value is 0.260. The summed E-state index contributed by atoms with van der Waals surface area (Å²) in [6, 6.07) is 0. The fourth-order valence-corrected chi connectivity index (χ4v) is 3.40. The van der Waals surface area contributed by atoms with E-state index in [0.717, 1.165) is 31.6 Å². The molecule has 0 amide bonds. The van der Waals surface area contributed by atoms with Crippen molar-refractivity contribution >= 4 is 32.9 Å². The molecule has 2 rings (SSSR count). The Morgan fingerprint density at radius 2 is 2.47 bits per heavy atom. The Balaban J connectivity index is 1.94. The van der Waals surface area contributed by atoms with Crippen molar-refractivity contribution < 1.29 is 4.74 Å². The highest BCUT2D eigenvalue weighted by Gasteiger charge is 2.31. The fraction of sp³-hybridized carbons (Fsp3) is 0.900. The molecule has 3 nitrogen and oxygen atoms in total. The van der Waals surface area contributed by atoms with Crippen molar-refractivity contribution in [2.45, 2.75) is 24.7 Å². The molecule has 15 heavy (non-hydrogen) atoms. The first-order valence-electron chi connectivity index (χ1n) is 5.27. The van der Waals surface area contributed by atoms with E-state index in [0.29, 0.717) is 5.25 Å². The third-order valence-electron chi connectivity index (χ3n) is 2.57. The van der Waals surface area contributed by atoms with Crippen molar-refractivity contribution in [2.24, 2.45) is 4.99 Å². The summed E-state index contributed by atoms with van der Waals surface area (Å²) in [5, 5.41) is 2.85. The number of ether oxygens (including phenoxy) is 1. The molecule has 2 aliphatic heterocycles. The van der Waals surface area contributed by atoms with Crippen LogP contribution in [-0.2, 0) is 4.74 Å². The van der Waals surface area contributed by atoms with Gasteiger partial charge in [-0.05, 0) is 13.8 Å². The average Bonchev–Trinajstić information content (AvgIpc) is 2.64. The van der Waals surface area contributed by atoms with Crippen LogP contribution in [0.5, 0.6) is 0 Å². The second kappa shape index (κ2) is 4.63. The van der Waals surface area contributed by atoms with Crippen molar-refractivity contribution in [2.75, 3.05) is 31.6 Å². The molecule has 1 fully saturated rings. The SMILES string of the molecule is CC1(C)CN(C2=NCC(CBr)S2)CCO1. The Morgan fingerprint density at radius 3 is 3.07 bits per heavy atom. The summed E-state index contributed by atoms with van der Waals surface area (Å²) in [4.78, 5) is 6.96. The van der Waals surface area contributed by atoms with Gasteiger partial charge in [-0.2, -0.15) is 0 Å². The highest BCUT2D eigenvalue weighted by atomic mass is 79.9. The first-order valence-corrected chi connectivity index (χ1v) is 7.27. The maximum atomic E-state index is 5.69. The fourth-order valence-electron chi connectivity index (χ4n) is 1.84. The Bertz CT molecular complexity index is 270. The van der Waals surface area contributed by atoms with Crippen molar-refractivity contribution in [1.29, 1.82) is 0 Å². The lowest BCUT2D eigenvalue weighted by Gasteiger charge is -2.39. The summed E-state index contributed by atoms with van der Waals surface area (Å²) in [6.45, 7) is 7.97. The van der Waals surface area contributed by atoms with Gasteiger partial charge in [-0.3, -0.25) is 4.99 Å². The van der Waals surface area contributed by atoms with Gasteiger partial charge in [-0.25, -0.2) is 0 Å². The predicted molar refractivity (Wildman–Crippen MR) is 69.1 cm³/mol. The van der Waals surface area contributed by atoms with E-state index in [2.05, 4.69) is 39.7 Å². The van der Waals surface area contributed by atoms with Crippen LogP contribution in [0.15, 0.2) is 4.99 Å². The van der Waals surface area contributed by atoms with E-state index in [1.807, 2.05) is 11.8 Å². The third kappa shape index (κ3) is 2.88. The summed E-state index contributed by atoms with van der Waals surface area (Å²) in [6.07, 6.45) is 0. The third-order valence-corrected chi connectivity index (χ3v) is 5.03. The molecule has 1 atom stereocenters. The number of aliphatic imine (C=N–C) groups is 1. The molecule has 0 aromatic heterocycles. The van der Waals surface area contributed by atoms with Gasteiger partial charge in [-0.15, -0.1) is 0 Å². The molecule has 0 aromatic carbocycles. The molecular formula is C10H17BrN2OS. The molecule has 0 aliphatic carbocycles. The average molecular weight is 293 g/mol. The maximum Gasteiger partial charge on any atom is 0.159 e. The van der Waals surface area contributed by atoms with Crippen molar-refractivity contribution in [3.8, 4) is 0 Å². The molecule has 0 aromatic rings. The molecule has 5 heteroatoms. The van der Waals surface area contributed by atoms with E-state index in [-0.39, 0.29) is 5.60 Å². The Labute approximate surface area is 104 Å². The highest BCUT2D eigenvalue weighted by Crippen LogP contribution is 2.27. The number of rotatable bonds is 1. The molecule has 0 saturated carbocycles. The summed E-state index contributed by atoms with van der Waals surface area (Å²) in [5.74, 6) is 0. The lowest BCUT2D eigenvalue weighted by molar-refractivity contribution is -0.0669. The second-order valence-electron chi connectivity index (χ2n) is 4.55.